The van der Waals surface area contributed by atoms with Crippen LogP contribution in [0.25, 0.3) is 6.08 Å². The zero-order valence-corrected chi connectivity index (χ0v) is 17.9. The Hall–Kier alpha value is -2.78. The largest absolute Gasteiger partial charge is 0.490 e. The number of aliphatic imine (C=N–C) groups is 1. The molecule has 3 rings (SSSR count). The Balaban J connectivity index is 1.75. The van der Waals surface area contributed by atoms with Crippen LogP contribution in [0.15, 0.2) is 56.8 Å². The number of nitrogens with one attached hydrogen (secondary N) is 1. The molecule has 0 saturated heterocycles. The molecule has 0 saturated carbocycles. The molecule has 3 N–H and O–H groups in total. The van der Waals surface area contributed by atoms with Gasteiger partial charge < -0.3 is 20.5 Å². The topological polar surface area (TPSA) is 103 Å². The molecule has 29 heavy (non-hydrogen) atoms. The standard InChI is InChI=1S/C20H18BrN3O4S/c1-2-27-15-8-12(9-17-19(26)24-20(22)29-17)14(21)10-16(15)28-11-18(25)23-13-6-4-3-5-7-13/h3-10H,2,11H2,1H3,(H,23,25)(H2,22,24,26). The number of hydrogen-bond acceptors (Lipinski definition) is 6. The number of benzene rings is 2. The molecule has 1 aliphatic rings. The molecule has 0 aliphatic carbocycles. The van der Waals surface area contributed by atoms with Crippen molar-refractivity contribution in [3.05, 3.63) is 57.4 Å². The van der Waals surface area contributed by atoms with E-state index in [1.54, 1.807) is 30.3 Å². The first-order valence-electron chi connectivity index (χ1n) is 8.68. The maximum absolute atomic E-state index is 12.1. The summed E-state index contributed by atoms with van der Waals surface area (Å²) in [6.07, 6.45) is 1.68. The smallest absolute Gasteiger partial charge is 0.286 e. The quantitative estimate of drug-likeness (QED) is 0.590. The van der Waals surface area contributed by atoms with E-state index in [0.717, 1.165) is 11.8 Å². The molecule has 2 amide bonds. The summed E-state index contributed by atoms with van der Waals surface area (Å²) in [5.41, 5.74) is 6.98. The molecule has 0 atom stereocenters. The van der Waals surface area contributed by atoms with Crippen molar-refractivity contribution in [1.29, 1.82) is 0 Å². The van der Waals surface area contributed by atoms with Gasteiger partial charge in [-0.15, -0.1) is 0 Å². The van der Waals surface area contributed by atoms with E-state index >= 15 is 0 Å². The summed E-state index contributed by atoms with van der Waals surface area (Å²) in [5, 5.41) is 2.97. The summed E-state index contributed by atoms with van der Waals surface area (Å²) in [4.78, 5) is 28.1. The number of amides is 2. The number of hydrogen-bond donors (Lipinski definition) is 2. The second-order valence-electron chi connectivity index (χ2n) is 5.82. The van der Waals surface area contributed by atoms with E-state index in [0.29, 0.717) is 38.7 Å². The van der Waals surface area contributed by atoms with Crippen LogP contribution in [0.2, 0.25) is 0 Å². The molecule has 9 heteroatoms. The number of carbonyl (C=O) groups excluding carboxylic acids is 2. The van der Waals surface area contributed by atoms with Gasteiger partial charge >= 0.3 is 0 Å². The lowest BCUT2D eigenvalue weighted by atomic mass is 10.2. The lowest BCUT2D eigenvalue weighted by molar-refractivity contribution is -0.118. The highest BCUT2D eigenvalue weighted by atomic mass is 79.9. The number of ether oxygens (including phenoxy) is 2. The van der Waals surface area contributed by atoms with E-state index in [-0.39, 0.29) is 23.6 Å². The Morgan fingerprint density at radius 2 is 1.97 bits per heavy atom. The number of carbonyl (C=O) groups is 2. The SMILES string of the molecule is CCOc1cc(C=C2SC(N)=NC2=O)c(Br)cc1OCC(=O)Nc1ccccc1. The summed E-state index contributed by atoms with van der Waals surface area (Å²) in [6.45, 7) is 2.07. The Morgan fingerprint density at radius 3 is 2.62 bits per heavy atom. The third-order valence-corrected chi connectivity index (χ3v) is 5.20. The van der Waals surface area contributed by atoms with Crippen molar-refractivity contribution in [2.24, 2.45) is 10.7 Å². The van der Waals surface area contributed by atoms with E-state index in [1.165, 1.54) is 0 Å². The summed E-state index contributed by atoms with van der Waals surface area (Å²) in [6, 6.07) is 12.5. The Labute approximate surface area is 180 Å². The summed E-state index contributed by atoms with van der Waals surface area (Å²) >= 11 is 4.57. The number of rotatable bonds is 7. The van der Waals surface area contributed by atoms with Crippen LogP contribution in [-0.2, 0) is 9.59 Å². The van der Waals surface area contributed by atoms with Gasteiger partial charge in [0, 0.05) is 10.2 Å². The van der Waals surface area contributed by atoms with Gasteiger partial charge in [0.2, 0.25) is 0 Å². The Kier molecular flexibility index (Phi) is 6.95. The van der Waals surface area contributed by atoms with Gasteiger partial charge in [0.25, 0.3) is 11.8 Å². The normalized spacial score (nSPS) is 14.6. The van der Waals surface area contributed by atoms with Crippen LogP contribution < -0.4 is 20.5 Å². The molecule has 150 valence electrons. The molecular weight excluding hydrogens is 458 g/mol. The van der Waals surface area contributed by atoms with Crippen molar-refractivity contribution in [3.63, 3.8) is 0 Å². The van der Waals surface area contributed by atoms with Crippen molar-refractivity contribution < 1.29 is 19.1 Å². The highest BCUT2D eigenvalue weighted by molar-refractivity contribution is 9.10. The number of amidine groups is 1. The minimum Gasteiger partial charge on any atom is -0.490 e. The van der Waals surface area contributed by atoms with Crippen LogP contribution in [-0.4, -0.2) is 30.2 Å². The van der Waals surface area contributed by atoms with Gasteiger partial charge in [-0.3, -0.25) is 9.59 Å². The molecule has 0 radical (unpaired) electrons. The average Bonchev–Trinajstić information content (AvgIpc) is 3.01. The minimum absolute atomic E-state index is 0.180. The van der Waals surface area contributed by atoms with Gasteiger partial charge in [-0.1, -0.05) is 34.1 Å². The van der Waals surface area contributed by atoms with Crippen LogP contribution in [0.5, 0.6) is 11.5 Å². The van der Waals surface area contributed by atoms with E-state index in [9.17, 15) is 9.59 Å². The second-order valence-corrected chi connectivity index (χ2v) is 7.74. The van der Waals surface area contributed by atoms with E-state index < -0.39 is 0 Å². The summed E-state index contributed by atoms with van der Waals surface area (Å²) in [5.74, 6) is 0.196. The van der Waals surface area contributed by atoms with Gasteiger partial charge in [0.05, 0.1) is 11.5 Å². The second kappa shape index (κ2) is 9.62. The molecule has 2 aromatic rings. The lowest BCUT2D eigenvalue weighted by Gasteiger charge is -2.14. The maximum atomic E-state index is 12.1. The molecule has 2 aromatic carbocycles. The first-order valence-corrected chi connectivity index (χ1v) is 10.3. The Morgan fingerprint density at radius 1 is 1.24 bits per heavy atom. The molecule has 0 spiro atoms. The molecular formula is C20H18BrN3O4S. The average molecular weight is 476 g/mol. The fourth-order valence-electron chi connectivity index (χ4n) is 2.47. The first-order chi connectivity index (χ1) is 14.0. The van der Waals surface area contributed by atoms with Crippen LogP contribution in [0, 0.1) is 0 Å². The molecule has 0 bridgehead atoms. The zero-order valence-electron chi connectivity index (χ0n) is 15.5. The third-order valence-electron chi connectivity index (χ3n) is 3.70. The van der Waals surface area contributed by atoms with E-state index in [2.05, 4.69) is 26.2 Å². The monoisotopic (exact) mass is 475 g/mol. The van der Waals surface area contributed by atoms with Gasteiger partial charge in [-0.05, 0) is 54.6 Å². The summed E-state index contributed by atoms with van der Waals surface area (Å²) < 4.78 is 12.0. The van der Waals surface area contributed by atoms with Crippen LogP contribution in [0.3, 0.4) is 0 Å². The molecule has 1 heterocycles. The maximum Gasteiger partial charge on any atom is 0.286 e. The van der Waals surface area contributed by atoms with Gasteiger partial charge in [0.15, 0.2) is 23.3 Å². The van der Waals surface area contributed by atoms with Gasteiger partial charge in [-0.25, -0.2) is 0 Å². The zero-order chi connectivity index (χ0) is 20.8. The van der Waals surface area contributed by atoms with E-state index in [1.807, 2.05) is 25.1 Å². The number of thioether (sulfide) groups is 1. The van der Waals surface area contributed by atoms with Crippen LogP contribution in [0.1, 0.15) is 12.5 Å². The first kappa shape index (κ1) is 20.9. The van der Waals surface area contributed by atoms with Crippen LogP contribution >= 0.6 is 27.7 Å². The number of anilines is 1. The van der Waals surface area contributed by atoms with Crippen molar-refractivity contribution in [2.75, 3.05) is 18.5 Å². The third kappa shape index (κ3) is 5.61. The number of para-hydroxylation sites is 1. The summed E-state index contributed by atoms with van der Waals surface area (Å²) in [7, 11) is 0. The van der Waals surface area contributed by atoms with Crippen molar-refractivity contribution in [1.82, 2.24) is 0 Å². The predicted molar refractivity (Wildman–Crippen MR) is 118 cm³/mol. The van der Waals surface area contributed by atoms with E-state index in [4.69, 9.17) is 15.2 Å². The molecule has 0 unspecified atom stereocenters. The minimum atomic E-state index is -0.379. The van der Waals surface area contributed by atoms with Crippen LogP contribution in [0.4, 0.5) is 5.69 Å². The lowest BCUT2D eigenvalue weighted by Crippen LogP contribution is -2.20. The number of halogens is 1. The molecule has 0 fully saturated rings. The highest BCUT2D eigenvalue weighted by Crippen LogP contribution is 2.36. The highest BCUT2D eigenvalue weighted by Gasteiger charge is 2.20. The van der Waals surface area contributed by atoms with Gasteiger partial charge in [-0.2, -0.15) is 4.99 Å². The predicted octanol–water partition coefficient (Wildman–Crippen LogP) is 3.79. The van der Waals surface area contributed by atoms with Crippen molar-refractivity contribution >= 4 is 56.4 Å². The molecule has 0 aromatic heterocycles. The number of nitrogens with two attached hydrogens (primary N) is 1. The van der Waals surface area contributed by atoms with Crippen molar-refractivity contribution in [2.45, 2.75) is 6.92 Å². The number of nitrogens with zero attached hydrogens (tertiary/aromatic N) is 1. The fraction of sp³-hybridized carbons (Fsp3) is 0.150. The van der Waals surface area contributed by atoms with Gasteiger partial charge in [0.1, 0.15) is 0 Å². The molecule has 1 aliphatic heterocycles. The fourth-order valence-corrected chi connectivity index (χ4v) is 3.58. The van der Waals surface area contributed by atoms with Crippen molar-refractivity contribution in [3.8, 4) is 11.5 Å². The Bertz CT molecular complexity index is 993. The molecule has 7 nitrogen and oxygen atoms in total.